The minimum Gasteiger partial charge on any atom is -0.478 e. The molecule has 1 fully saturated rings. The number of ether oxygens (including phenoxy) is 1. The van der Waals surface area contributed by atoms with E-state index in [1.807, 2.05) is 11.9 Å². The molecule has 1 atom stereocenters. The van der Waals surface area contributed by atoms with Crippen molar-refractivity contribution in [1.29, 1.82) is 0 Å². The lowest BCUT2D eigenvalue weighted by atomic mass is 10.1. The van der Waals surface area contributed by atoms with E-state index in [2.05, 4.69) is 0 Å². The Bertz CT molecular complexity index is 395. The molecule has 5 nitrogen and oxygen atoms in total. The van der Waals surface area contributed by atoms with Crippen LogP contribution in [0.1, 0.15) is 35.4 Å². The molecule has 1 saturated heterocycles. The molecule has 18 heavy (non-hydrogen) atoms. The van der Waals surface area contributed by atoms with E-state index in [0.29, 0.717) is 12.3 Å². The van der Waals surface area contributed by atoms with E-state index in [0.717, 1.165) is 26.0 Å². The van der Waals surface area contributed by atoms with Crippen LogP contribution in [0.25, 0.3) is 0 Å². The number of carboxylic acid groups (broad SMARTS) is 1. The summed E-state index contributed by atoms with van der Waals surface area (Å²) in [6, 6.07) is 1.49. The second-order valence-corrected chi connectivity index (χ2v) is 4.75. The van der Waals surface area contributed by atoms with Crippen molar-refractivity contribution < 1.29 is 19.1 Å². The van der Waals surface area contributed by atoms with Crippen molar-refractivity contribution in [2.45, 2.75) is 31.9 Å². The Morgan fingerprint density at radius 2 is 2.39 bits per heavy atom. The van der Waals surface area contributed by atoms with E-state index in [4.69, 9.17) is 14.3 Å². The van der Waals surface area contributed by atoms with Crippen molar-refractivity contribution in [2.24, 2.45) is 0 Å². The van der Waals surface area contributed by atoms with Gasteiger partial charge in [0.1, 0.15) is 11.3 Å². The van der Waals surface area contributed by atoms with E-state index in [9.17, 15) is 4.79 Å². The summed E-state index contributed by atoms with van der Waals surface area (Å²) in [6.07, 6.45) is 5.10. The Morgan fingerprint density at radius 1 is 1.56 bits per heavy atom. The highest BCUT2D eigenvalue weighted by Gasteiger charge is 2.19. The van der Waals surface area contributed by atoms with Crippen molar-refractivity contribution in [1.82, 2.24) is 4.90 Å². The van der Waals surface area contributed by atoms with Crippen LogP contribution in [0.2, 0.25) is 0 Å². The topological polar surface area (TPSA) is 62.9 Å². The number of hydrogen-bond acceptors (Lipinski definition) is 4. The number of rotatable bonds is 5. The fourth-order valence-corrected chi connectivity index (χ4v) is 2.26. The molecule has 5 heteroatoms. The predicted octanol–water partition coefficient (Wildman–Crippen LogP) is 1.98. The number of carbonyl (C=O) groups is 1. The van der Waals surface area contributed by atoms with Crippen LogP contribution >= 0.6 is 0 Å². The molecule has 0 radical (unpaired) electrons. The molecular weight excluding hydrogens is 234 g/mol. The highest BCUT2D eigenvalue weighted by Crippen LogP contribution is 2.16. The quantitative estimate of drug-likeness (QED) is 0.869. The normalized spacial score (nSPS) is 20.2. The van der Waals surface area contributed by atoms with Crippen LogP contribution < -0.4 is 0 Å². The summed E-state index contributed by atoms with van der Waals surface area (Å²) in [5.41, 5.74) is 0.242. The maximum atomic E-state index is 11.0. The molecule has 2 rings (SSSR count). The van der Waals surface area contributed by atoms with Crippen LogP contribution in [-0.2, 0) is 11.3 Å². The third-order valence-corrected chi connectivity index (χ3v) is 3.18. The van der Waals surface area contributed by atoms with Gasteiger partial charge >= 0.3 is 5.97 Å². The lowest BCUT2D eigenvalue weighted by Gasteiger charge is -2.27. The Morgan fingerprint density at radius 3 is 3.06 bits per heavy atom. The maximum Gasteiger partial charge on any atom is 0.339 e. The molecule has 1 unspecified atom stereocenters. The minimum absolute atomic E-state index is 0.242. The highest BCUT2D eigenvalue weighted by atomic mass is 16.5. The van der Waals surface area contributed by atoms with Gasteiger partial charge in [-0.3, -0.25) is 4.90 Å². The molecule has 1 N–H and O–H groups in total. The van der Waals surface area contributed by atoms with E-state index in [1.165, 1.54) is 18.8 Å². The second-order valence-electron chi connectivity index (χ2n) is 4.75. The van der Waals surface area contributed by atoms with Gasteiger partial charge < -0.3 is 14.3 Å². The van der Waals surface area contributed by atoms with Crippen LogP contribution in [0.4, 0.5) is 0 Å². The number of furan rings is 1. The first-order chi connectivity index (χ1) is 8.66. The average Bonchev–Trinajstić information content (AvgIpc) is 2.78. The van der Waals surface area contributed by atoms with Gasteiger partial charge in [0.15, 0.2) is 0 Å². The van der Waals surface area contributed by atoms with Gasteiger partial charge in [0.05, 0.1) is 18.9 Å². The predicted molar refractivity (Wildman–Crippen MR) is 65.6 cm³/mol. The van der Waals surface area contributed by atoms with E-state index >= 15 is 0 Å². The fraction of sp³-hybridized carbons (Fsp3) is 0.615. The summed E-state index contributed by atoms with van der Waals surface area (Å²) in [5, 5.41) is 8.99. The average molecular weight is 253 g/mol. The molecule has 0 aromatic carbocycles. The summed E-state index contributed by atoms with van der Waals surface area (Å²) in [6.45, 7) is 2.13. The van der Waals surface area contributed by atoms with Gasteiger partial charge in [-0.2, -0.15) is 0 Å². The Balaban J connectivity index is 1.88. The van der Waals surface area contributed by atoms with Crippen molar-refractivity contribution in [3.8, 4) is 0 Å². The largest absolute Gasteiger partial charge is 0.478 e. The first kappa shape index (κ1) is 13.1. The summed E-state index contributed by atoms with van der Waals surface area (Å²) < 4.78 is 10.9. The van der Waals surface area contributed by atoms with Crippen LogP contribution in [0.5, 0.6) is 0 Å². The third kappa shape index (κ3) is 3.34. The van der Waals surface area contributed by atoms with Gasteiger partial charge in [-0.25, -0.2) is 4.79 Å². The van der Waals surface area contributed by atoms with Gasteiger partial charge in [-0.05, 0) is 32.4 Å². The zero-order valence-electron chi connectivity index (χ0n) is 10.6. The molecule has 1 aliphatic rings. The Labute approximate surface area is 106 Å². The first-order valence-electron chi connectivity index (χ1n) is 6.26. The van der Waals surface area contributed by atoms with Crippen molar-refractivity contribution in [2.75, 3.05) is 20.2 Å². The standard InChI is InChI=1S/C13H19NO4/c1-14(8-10-4-2-3-6-17-10)9-12-11(13(15)16)5-7-18-12/h5,7,10H,2-4,6,8-9H2,1H3,(H,15,16). The van der Waals surface area contributed by atoms with E-state index < -0.39 is 5.97 Å². The summed E-state index contributed by atoms with van der Waals surface area (Å²) >= 11 is 0. The fourth-order valence-electron chi connectivity index (χ4n) is 2.26. The zero-order valence-corrected chi connectivity index (χ0v) is 10.6. The zero-order chi connectivity index (χ0) is 13.0. The van der Waals surface area contributed by atoms with Crippen LogP contribution in [0.15, 0.2) is 16.7 Å². The molecule has 100 valence electrons. The SMILES string of the molecule is CN(Cc1occc1C(=O)O)CC1CCCCO1. The number of hydrogen-bond donors (Lipinski definition) is 1. The molecular formula is C13H19NO4. The van der Waals surface area contributed by atoms with Crippen LogP contribution in [-0.4, -0.2) is 42.3 Å². The molecule has 1 aliphatic heterocycles. The Kier molecular flexibility index (Phi) is 4.38. The van der Waals surface area contributed by atoms with Gasteiger partial charge in [0.25, 0.3) is 0 Å². The van der Waals surface area contributed by atoms with Crippen LogP contribution in [0, 0.1) is 0 Å². The lowest BCUT2D eigenvalue weighted by Crippen LogP contribution is -2.33. The maximum absolute atomic E-state index is 11.0. The van der Waals surface area contributed by atoms with Gasteiger partial charge in [0.2, 0.25) is 0 Å². The van der Waals surface area contributed by atoms with E-state index in [1.54, 1.807) is 0 Å². The first-order valence-corrected chi connectivity index (χ1v) is 6.26. The van der Waals surface area contributed by atoms with Gasteiger partial charge in [0, 0.05) is 13.2 Å². The minimum atomic E-state index is -0.943. The second kappa shape index (κ2) is 6.02. The van der Waals surface area contributed by atoms with Crippen LogP contribution in [0.3, 0.4) is 0 Å². The lowest BCUT2D eigenvalue weighted by molar-refractivity contribution is -0.00343. The summed E-state index contributed by atoms with van der Waals surface area (Å²) in [7, 11) is 1.95. The number of likely N-dealkylation sites (N-methyl/N-ethyl adjacent to an activating group) is 1. The Hall–Kier alpha value is -1.33. The third-order valence-electron chi connectivity index (χ3n) is 3.18. The molecule has 1 aromatic rings. The molecule has 0 amide bonds. The number of nitrogens with zero attached hydrogens (tertiary/aromatic N) is 1. The smallest absolute Gasteiger partial charge is 0.339 e. The summed E-state index contributed by atoms with van der Waals surface area (Å²) in [5.74, 6) is -0.443. The number of aromatic carboxylic acids is 1. The summed E-state index contributed by atoms with van der Waals surface area (Å²) in [4.78, 5) is 13.0. The monoisotopic (exact) mass is 253 g/mol. The van der Waals surface area contributed by atoms with E-state index in [-0.39, 0.29) is 11.7 Å². The molecule has 1 aromatic heterocycles. The van der Waals surface area contributed by atoms with Crippen molar-refractivity contribution >= 4 is 5.97 Å². The van der Waals surface area contributed by atoms with Crippen molar-refractivity contribution in [3.63, 3.8) is 0 Å². The van der Waals surface area contributed by atoms with Crippen molar-refractivity contribution in [3.05, 3.63) is 23.7 Å². The van der Waals surface area contributed by atoms with Gasteiger partial charge in [-0.15, -0.1) is 0 Å². The van der Waals surface area contributed by atoms with Gasteiger partial charge in [-0.1, -0.05) is 0 Å². The molecule has 2 heterocycles. The number of carboxylic acids is 1. The molecule has 0 bridgehead atoms. The highest BCUT2D eigenvalue weighted by molar-refractivity contribution is 5.88. The molecule has 0 spiro atoms. The molecule has 0 aliphatic carbocycles. The molecule has 0 saturated carbocycles.